The predicted octanol–water partition coefficient (Wildman–Crippen LogP) is 0.667. The number of carboxylic acid groups (broad SMARTS) is 1. The van der Waals surface area contributed by atoms with Crippen LogP contribution in [0.3, 0.4) is 0 Å². The summed E-state index contributed by atoms with van der Waals surface area (Å²) in [7, 11) is 0. The third-order valence-corrected chi connectivity index (χ3v) is 3.17. The summed E-state index contributed by atoms with van der Waals surface area (Å²) in [5.41, 5.74) is 1.72. The number of carboxylic acids is 1. The summed E-state index contributed by atoms with van der Waals surface area (Å²) in [5.74, 6) is -0.455. The molecular weight excluding hydrogens is 232 g/mol. The van der Waals surface area contributed by atoms with Gasteiger partial charge in [-0.3, -0.25) is 0 Å². The first-order chi connectivity index (χ1) is 8.67. The lowest BCUT2D eigenvalue weighted by molar-refractivity contribution is 0.0688. The molecule has 18 heavy (non-hydrogen) atoms. The minimum atomic E-state index is -0.981. The monoisotopic (exact) mass is 250 g/mol. The van der Waals surface area contributed by atoms with E-state index >= 15 is 0 Å². The molecule has 1 aliphatic rings. The van der Waals surface area contributed by atoms with Crippen molar-refractivity contribution >= 4 is 11.9 Å². The van der Waals surface area contributed by atoms with Crippen LogP contribution >= 0.6 is 0 Å². The first-order valence-corrected chi connectivity index (χ1v) is 6.26. The molecule has 0 unspecified atom stereocenters. The van der Waals surface area contributed by atoms with Crippen LogP contribution in [0.15, 0.2) is 0 Å². The number of rotatable bonds is 4. The number of nitrogens with one attached hydrogen (secondary N) is 1. The molecule has 2 N–H and O–H groups in total. The van der Waals surface area contributed by atoms with Gasteiger partial charge in [-0.2, -0.15) is 0 Å². The molecule has 0 aliphatic carbocycles. The molecule has 0 saturated heterocycles. The Morgan fingerprint density at radius 1 is 1.39 bits per heavy atom. The molecule has 0 amide bonds. The van der Waals surface area contributed by atoms with Crippen molar-refractivity contribution in [1.82, 2.24) is 15.3 Å². The second-order valence-corrected chi connectivity index (χ2v) is 4.20. The van der Waals surface area contributed by atoms with Crippen LogP contribution in [0.5, 0.6) is 0 Å². The van der Waals surface area contributed by atoms with E-state index in [2.05, 4.69) is 15.3 Å². The van der Waals surface area contributed by atoms with E-state index in [1.165, 1.54) is 0 Å². The zero-order valence-electron chi connectivity index (χ0n) is 10.7. The highest BCUT2D eigenvalue weighted by molar-refractivity contribution is 5.87. The molecule has 1 aliphatic heterocycles. The Balaban J connectivity index is 2.50. The normalized spacial score (nSPS) is 14.1. The quantitative estimate of drug-likeness (QED) is 0.817. The molecule has 1 aromatic heterocycles. The van der Waals surface area contributed by atoms with Crippen molar-refractivity contribution < 1.29 is 9.90 Å². The van der Waals surface area contributed by atoms with Gasteiger partial charge in [-0.25, -0.2) is 14.8 Å². The van der Waals surface area contributed by atoms with Gasteiger partial charge in [0.2, 0.25) is 5.95 Å². The van der Waals surface area contributed by atoms with Gasteiger partial charge in [0.1, 0.15) is 0 Å². The third-order valence-electron chi connectivity index (χ3n) is 3.17. The van der Waals surface area contributed by atoms with E-state index in [1.807, 2.05) is 18.7 Å². The molecule has 2 rings (SSSR count). The summed E-state index contributed by atoms with van der Waals surface area (Å²) in [6, 6.07) is 0. The lowest BCUT2D eigenvalue weighted by Gasteiger charge is -2.23. The average Bonchev–Trinajstić information content (AvgIpc) is 2.39. The highest BCUT2D eigenvalue weighted by atomic mass is 16.4. The summed E-state index contributed by atoms with van der Waals surface area (Å²) in [6.07, 6.45) is 0.756. The van der Waals surface area contributed by atoms with Crippen molar-refractivity contribution in [3.8, 4) is 0 Å². The van der Waals surface area contributed by atoms with Gasteiger partial charge in [-0.05, 0) is 13.8 Å². The Morgan fingerprint density at radius 2 is 2.11 bits per heavy atom. The SMILES string of the molecule is CCN(CC)c1nc2c(c(C(=O)O)n1)CNCC2. The summed E-state index contributed by atoms with van der Waals surface area (Å²) < 4.78 is 0. The number of fused-ring (bicyclic) bond motifs is 1. The van der Waals surface area contributed by atoms with Gasteiger partial charge in [0.05, 0.1) is 5.69 Å². The van der Waals surface area contributed by atoms with Gasteiger partial charge >= 0.3 is 5.97 Å². The Labute approximate surface area is 106 Å². The molecular formula is C12H18N4O2. The number of hydrogen-bond donors (Lipinski definition) is 2. The van der Waals surface area contributed by atoms with Crippen LogP contribution in [-0.2, 0) is 13.0 Å². The van der Waals surface area contributed by atoms with Crippen LogP contribution in [0.4, 0.5) is 5.95 Å². The summed E-state index contributed by atoms with van der Waals surface area (Å²) in [6.45, 7) is 6.93. The van der Waals surface area contributed by atoms with Crippen LogP contribution in [0.25, 0.3) is 0 Å². The Morgan fingerprint density at radius 3 is 2.72 bits per heavy atom. The lowest BCUT2D eigenvalue weighted by Crippen LogP contribution is -2.31. The summed E-state index contributed by atoms with van der Waals surface area (Å²) in [5, 5.41) is 12.4. The minimum Gasteiger partial charge on any atom is -0.476 e. The molecule has 0 saturated carbocycles. The Bertz CT molecular complexity index is 458. The van der Waals surface area contributed by atoms with Crippen LogP contribution < -0.4 is 10.2 Å². The van der Waals surface area contributed by atoms with Crippen molar-refractivity contribution in [1.29, 1.82) is 0 Å². The van der Waals surface area contributed by atoms with Crippen LogP contribution in [0, 0.1) is 0 Å². The maximum absolute atomic E-state index is 11.3. The maximum Gasteiger partial charge on any atom is 0.355 e. The van der Waals surface area contributed by atoms with E-state index < -0.39 is 5.97 Å². The van der Waals surface area contributed by atoms with E-state index in [0.717, 1.165) is 37.3 Å². The first-order valence-electron chi connectivity index (χ1n) is 6.26. The third kappa shape index (κ3) is 2.28. The zero-order valence-corrected chi connectivity index (χ0v) is 10.7. The van der Waals surface area contributed by atoms with Crippen LogP contribution in [0.1, 0.15) is 35.6 Å². The highest BCUT2D eigenvalue weighted by Gasteiger charge is 2.22. The summed E-state index contributed by atoms with van der Waals surface area (Å²) >= 11 is 0. The molecule has 0 radical (unpaired) electrons. The van der Waals surface area contributed by atoms with Gasteiger partial charge < -0.3 is 15.3 Å². The highest BCUT2D eigenvalue weighted by Crippen LogP contribution is 2.19. The van der Waals surface area contributed by atoms with Crippen molar-refractivity contribution in [2.45, 2.75) is 26.8 Å². The van der Waals surface area contributed by atoms with Gasteiger partial charge in [-0.15, -0.1) is 0 Å². The van der Waals surface area contributed by atoms with Crippen LogP contribution in [-0.4, -0.2) is 40.7 Å². The molecule has 0 aromatic carbocycles. The van der Waals surface area contributed by atoms with E-state index in [-0.39, 0.29) is 5.69 Å². The van der Waals surface area contributed by atoms with E-state index in [9.17, 15) is 9.90 Å². The van der Waals surface area contributed by atoms with Crippen LogP contribution in [0.2, 0.25) is 0 Å². The molecule has 1 aromatic rings. The molecule has 0 atom stereocenters. The van der Waals surface area contributed by atoms with Gasteiger partial charge in [0.25, 0.3) is 0 Å². The fourth-order valence-electron chi connectivity index (χ4n) is 2.15. The lowest BCUT2D eigenvalue weighted by atomic mass is 10.1. The van der Waals surface area contributed by atoms with Crippen molar-refractivity contribution in [3.05, 3.63) is 17.0 Å². The largest absolute Gasteiger partial charge is 0.476 e. The van der Waals surface area contributed by atoms with Gasteiger partial charge in [0, 0.05) is 38.2 Å². The van der Waals surface area contributed by atoms with Crippen molar-refractivity contribution in [2.75, 3.05) is 24.5 Å². The fraction of sp³-hybridized carbons (Fsp3) is 0.583. The smallest absolute Gasteiger partial charge is 0.355 e. The first kappa shape index (κ1) is 12.8. The maximum atomic E-state index is 11.3. The fourth-order valence-corrected chi connectivity index (χ4v) is 2.15. The van der Waals surface area contributed by atoms with E-state index in [4.69, 9.17) is 0 Å². The Hall–Kier alpha value is -1.69. The number of aromatic carboxylic acids is 1. The number of anilines is 1. The van der Waals surface area contributed by atoms with Crippen molar-refractivity contribution in [3.63, 3.8) is 0 Å². The average molecular weight is 250 g/mol. The molecule has 6 nitrogen and oxygen atoms in total. The second kappa shape index (κ2) is 5.30. The number of hydrogen-bond acceptors (Lipinski definition) is 5. The predicted molar refractivity (Wildman–Crippen MR) is 68.0 cm³/mol. The summed E-state index contributed by atoms with van der Waals surface area (Å²) in [4.78, 5) is 22.0. The molecule has 6 heteroatoms. The Kier molecular flexibility index (Phi) is 3.76. The molecule has 98 valence electrons. The van der Waals surface area contributed by atoms with Crippen molar-refractivity contribution in [2.24, 2.45) is 0 Å². The van der Waals surface area contributed by atoms with E-state index in [1.54, 1.807) is 0 Å². The zero-order chi connectivity index (χ0) is 13.1. The number of nitrogens with zero attached hydrogens (tertiary/aromatic N) is 3. The second-order valence-electron chi connectivity index (χ2n) is 4.20. The topological polar surface area (TPSA) is 78.4 Å². The molecule has 0 bridgehead atoms. The van der Waals surface area contributed by atoms with Gasteiger partial charge in [0.15, 0.2) is 5.69 Å². The van der Waals surface area contributed by atoms with Gasteiger partial charge in [-0.1, -0.05) is 0 Å². The molecule has 0 fully saturated rings. The molecule has 0 spiro atoms. The molecule has 2 heterocycles. The minimum absolute atomic E-state index is 0.133. The standard InChI is InChI=1S/C12H18N4O2/c1-3-16(4-2)12-14-9-5-6-13-7-8(9)10(15-12)11(17)18/h13H,3-7H2,1-2H3,(H,17,18). The number of aromatic nitrogens is 2. The number of carbonyl (C=O) groups is 1. The van der Waals surface area contributed by atoms with E-state index in [0.29, 0.717) is 12.5 Å².